The average Bonchev–Trinajstić information content (AvgIpc) is 2.61. The lowest BCUT2D eigenvalue weighted by Crippen LogP contribution is -2.40. The molecule has 0 bridgehead atoms. The number of nitrogens with zero attached hydrogens (tertiary/aromatic N) is 1. The van der Waals surface area contributed by atoms with Crippen molar-refractivity contribution in [1.29, 1.82) is 0 Å². The Morgan fingerprint density at radius 1 is 1.08 bits per heavy atom. The van der Waals surface area contributed by atoms with Crippen LogP contribution in [0.15, 0.2) is 42.5 Å². The van der Waals surface area contributed by atoms with Gasteiger partial charge in [0.1, 0.15) is 12.3 Å². The molecule has 0 aliphatic carbocycles. The molecule has 0 fully saturated rings. The predicted molar refractivity (Wildman–Crippen MR) is 98.8 cm³/mol. The highest BCUT2D eigenvalue weighted by Crippen LogP contribution is 2.22. The van der Waals surface area contributed by atoms with Gasteiger partial charge in [-0.05, 0) is 48.7 Å². The molecule has 2 rings (SSSR count). The number of hydrogen-bond acceptors (Lipinski definition) is 3. The molecule has 2 aromatic rings. The molecule has 0 saturated heterocycles. The number of ether oxygens (including phenoxy) is 1. The lowest BCUT2D eigenvalue weighted by molar-refractivity contribution is -0.123. The number of rotatable bonds is 6. The van der Waals surface area contributed by atoms with Gasteiger partial charge in [-0.15, -0.1) is 0 Å². The Balaban J connectivity index is 2.02. The first-order valence-electron chi connectivity index (χ1n) is 8.16. The minimum Gasteiger partial charge on any atom is -0.497 e. The summed E-state index contributed by atoms with van der Waals surface area (Å²) in [6.07, 6.45) is 0. The van der Waals surface area contributed by atoms with E-state index in [4.69, 9.17) is 4.74 Å². The van der Waals surface area contributed by atoms with Crippen molar-refractivity contribution in [2.24, 2.45) is 0 Å². The van der Waals surface area contributed by atoms with Crippen LogP contribution >= 0.6 is 0 Å². The van der Waals surface area contributed by atoms with Crippen LogP contribution in [-0.2, 0) is 16.1 Å². The average molecular weight is 340 g/mol. The van der Waals surface area contributed by atoms with Gasteiger partial charge in [-0.3, -0.25) is 9.59 Å². The molecule has 1 N–H and O–H groups in total. The van der Waals surface area contributed by atoms with Crippen LogP contribution in [0.2, 0.25) is 0 Å². The maximum atomic E-state index is 12.3. The van der Waals surface area contributed by atoms with Gasteiger partial charge < -0.3 is 15.0 Å². The van der Waals surface area contributed by atoms with E-state index >= 15 is 0 Å². The van der Waals surface area contributed by atoms with Crippen LogP contribution in [0.5, 0.6) is 5.75 Å². The van der Waals surface area contributed by atoms with Crippen molar-refractivity contribution in [1.82, 2.24) is 5.32 Å². The summed E-state index contributed by atoms with van der Waals surface area (Å²) in [5.74, 6) is 0.410. The molecular formula is C20H24N2O3. The minimum absolute atomic E-state index is 0.00419. The van der Waals surface area contributed by atoms with Gasteiger partial charge in [0.2, 0.25) is 11.8 Å². The lowest BCUT2D eigenvalue weighted by Gasteiger charge is -2.23. The number of carbonyl (C=O) groups excluding carboxylic acids is 2. The second kappa shape index (κ2) is 8.33. The van der Waals surface area contributed by atoms with E-state index in [0.29, 0.717) is 6.54 Å². The largest absolute Gasteiger partial charge is 0.497 e. The number of methoxy groups -OCH3 is 1. The first-order chi connectivity index (χ1) is 11.9. The van der Waals surface area contributed by atoms with Crippen LogP contribution in [0.1, 0.15) is 23.6 Å². The highest BCUT2D eigenvalue weighted by atomic mass is 16.5. The molecule has 0 radical (unpaired) electrons. The Kier molecular flexibility index (Phi) is 6.17. The molecule has 0 unspecified atom stereocenters. The van der Waals surface area contributed by atoms with E-state index < -0.39 is 0 Å². The zero-order valence-corrected chi connectivity index (χ0v) is 15.1. The summed E-state index contributed by atoms with van der Waals surface area (Å²) in [5, 5.41) is 2.85. The Morgan fingerprint density at radius 3 is 2.36 bits per heavy atom. The SMILES string of the molecule is COc1ccc(CNC(=O)CN(C(C)=O)c2cccc(C)c2C)cc1. The van der Waals surface area contributed by atoms with Crippen molar-refractivity contribution in [3.63, 3.8) is 0 Å². The molecule has 2 aromatic carbocycles. The number of benzene rings is 2. The number of carbonyl (C=O) groups is 2. The number of amides is 2. The second-order valence-electron chi connectivity index (χ2n) is 5.95. The van der Waals surface area contributed by atoms with Crippen molar-refractivity contribution in [2.75, 3.05) is 18.6 Å². The smallest absolute Gasteiger partial charge is 0.240 e. The summed E-state index contributed by atoms with van der Waals surface area (Å²) in [5.41, 5.74) is 3.82. The summed E-state index contributed by atoms with van der Waals surface area (Å²) in [4.78, 5) is 25.8. The van der Waals surface area contributed by atoms with E-state index in [1.165, 1.54) is 11.8 Å². The molecule has 0 aliphatic heterocycles. The number of nitrogens with one attached hydrogen (secondary N) is 1. The lowest BCUT2D eigenvalue weighted by atomic mass is 10.1. The maximum absolute atomic E-state index is 12.3. The molecule has 132 valence electrons. The summed E-state index contributed by atoms with van der Waals surface area (Å²) < 4.78 is 5.11. The van der Waals surface area contributed by atoms with Crippen molar-refractivity contribution in [3.05, 3.63) is 59.2 Å². The van der Waals surface area contributed by atoms with Gasteiger partial charge in [0, 0.05) is 19.2 Å². The van der Waals surface area contributed by atoms with Gasteiger partial charge in [-0.2, -0.15) is 0 Å². The topological polar surface area (TPSA) is 58.6 Å². The molecule has 0 aromatic heterocycles. The highest BCUT2D eigenvalue weighted by Gasteiger charge is 2.18. The third kappa shape index (κ3) is 4.83. The van der Waals surface area contributed by atoms with Crippen LogP contribution < -0.4 is 15.0 Å². The van der Waals surface area contributed by atoms with Gasteiger partial charge in [-0.1, -0.05) is 24.3 Å². The van der Waals surface area contributed by atoms with Crippen molar-refractivity contribution in [2.45, 2.75) is 27.3 Å². The van der Waals surface area contributed by atoms with Gasteiger partial charge in [0.15, 0.2) is 0 Å². The highest BCUT2D eigenvalue weighted by molar-refractivity contribution is 5.98. The summed E-state index contributed by atoms with van der Waals surface area (Å²) >= 11 is 0. The molecular weight excluding hydrogens is 316 g/mol. The normalized spacial score (nSPS) is 10.2. The van der Waals surface area contributed by atoms with Gasteiger partial charge in [0.25, 0.3) is 0 Å². The zero-order valence-electron chi connectivity index (χ0n) is 15.1. The monoisotopic (exact) mass is 340 g/mol. The molecule has 2 amide bonds. The molecule has 0 heterocycles. The van der Waals surface area contributed by atoms with Gasteiger partial charge in [-0.25, -0.2) is 0 Å². The molecule has 25 heavy (non-hydrogen) atoms. The third-order valence-corrected chi connectivity index (χ3v) is 4.20. The number of anilines is 1. The van der Waals surface area contributed by atoms with E-state index in [-0.39, 0.29) is 18.4 Å². The minimum atomic E-state index is -0.202. The number of aryl methyl sites for hydroxylation is 1. The van der Waals surface area contributed by atoms with Crippen LogP contribution in [-0.4, -0.2) is 25.5 Å². The fourth-order valence-electron chi connectivity index (χ4n) is 2.54. The first-order valence-corrected chi connectivity index (χ1v) is 8.16. The van der Waals surface area contributed by atoms with E-state index in [2.05, 4.69) is 5.32 Å². The molecule has 0 atom stereocenters. The van der Waals surface area contributed by atoms with E-state index in [1.807, 2.05) is 56.3 Å². The Morgan fingerprint density at radius 2 is 1.76 bits per heavy atom. The summed E-state index contributed by atoms with van der Waals surface area (Å²) in [6, 6.07) is 13.2. The predicted octanol–water partition coefficient (Wildman–Crippen LogP) is 2.98. The standard InChI is InChI=1S/C20H24N2O3/c1-14-6-5-7-19(15(14)2)22(16(3)23)13-20(24)21-12-17-8-10-18(25-4)11-9-17/h5-11H,12-13H2,1-4H3,(H,21,24). The Labute approximate surface area is 148 Å². The van der Waals surface area contributed by atoms with E-state index in [1.54, 1.807) is 7.11 Å². The van der Waals surface area contributed by atoms with Gasteiger partial charge >= 0.3 is 0 Å². The maximum Gasteiger partial charge on any atom is 0.240 e. The fourth-order valence-corrected chi connectivity index (χ4v) is 2.54. The number of hydrogen-bond donors (Lipinski definition) is 1. The summed E-state index contributed by atoms with van der Waals surface area (Å²) in [6.45, 7) is 5.81. The Hall–Kier alpha value is -2.82. The molecule has 5 nitrogen and oxygen atoms in total. The van der Waals surface area contributed by atoms with Crippen molar-refractivity contribution < 1.29 is 14.3 Å². The van der Waals surface area contributed by atoms with Crippen LogP contribution in [0, 0.1) is 13.8 Å². The summed E-state index contributed by atoms with van der Waals surface area (Å²) in [7, 11) is 1.61. The van der Waals surface area contributed by atoms with Crippen LogP contribution in [0.4, 0.5) is 5.69 Å². The molecule has 0 spiro atoms. The van der Waals surface area contributed by atoms with E-state index in [0.717, 1.165) is 28.1 Å². The van der Waals surface area contributed by atoms with Gasteiger partial charge in [0.05, 0.1) is 7.11 Å². The fraction of sp³-hybridized carbons (Fsp3) is 0.300. The first kappa shape index (κ1) is 18.5. The van der Waals surface area contributed by atoms with Crippen LogP contribution in [0.25, 0.3) is 0 Å². The molecule has 5 heteroatoms. The zero-order chi connectivity index (χ0) is 18.4. The second-order valence-corrected chi connectivity index (χ2v) is 5.95. The van der Waals surface area contributed by atoms with Crippen LogP contribution in [0.3, 0.4) is 0 Å². The molecule has 0 aliphatic rings. The quantitative estimate of drug-likeness (QED) is 0.879. The third-order valence-electron chi connectivity index (χ3n) is 4.20. The molecule has 0 saturated carbocycles. The van der Waals surface area contributed by atoms with Crippen molar-refractivity contribution >= 4 is 17.5 Å². The van der Waals surface area contributed by atoms with E-state index in [9.17, 15) is 9.59 Å². The Bertz CT molecular complexity index is 754. The van der Waals surface area contributed by atoms with Crippen molar-refractivity contribution in [3.8, 4) is 5.75 Å².